The van der Waals surface area contributed by atoms with Gasteiger partial charge in [-0.25, -0.2) is 0 Å². The third-order valence-electron chi connectivity index (χ3n) is 3.36. The van der Waals surface area contributed by atoms with Crippen LogP contribution in [0.3, 0.4) is 0 Å². The fourth-order valence-electron chi connectivity index (χ4n) is 2.27. The molecule has 1 amide bonds. The number of rotatable bonds is 6. The Morgan fingerprint density at radius 2 is 2.14 bits per heavy atom. The van der Waals surface area contributed by atoms with Crippen molar-refractivity contribution in [3.63, 3.8) is 0 Å². The molecule has 1 heterocycles. The Morgan fingerprint density at radius 1 is 1.33 bits per heavy atom. The number of hydrogen-bond donors (Lipinski definition) is 2. The molecule has 0 spiro atoms. The van der Waals surface area contributed by atoms with E-state index in [1.165, 1.54) is 0 Å². The predicted molar refractivity (Wildman–Crippen MR) is 83.0 cm³/mol. The van der Waals surface area contributed by atoms with Crippen LogP contribution in [0, 0.1) is 13.8 Å². The molecule has 1 aromatic carbocycles. The lowest BCUT2D eigenvalue weighted by molar-refractivity contribution is 0.0952. The van der Waals surface area contributed by atoms with Crippen molar-refractivity contribution < 1.29 is 4.79 Å². The van der Waals surface area contributed by atoms with Gasteiger partial charge in [-0.15, -0.1) is 0 Å². The number of aromatic nitrogens is 2. The van der Waals surface area contributed by atoms with E-state index in [9.17, 15) is 4.79 Å². The maximum Gasteiger partial charge on any atom is 0.251 e. The molecule has 0 aliphatic carbocycles. The maximum absolute atomic E-state index is 12.0. The van der Waals surface area contributed by atoms with Gasteiger partial charge < -0.3 is 11.1 Å². The van der Waals surface area contributed by atoms with E-state index in [-0.39, 0.29) is 5.91 Å². The molecule has 2 aromatic rings. The van der Waals surface area contributed by atoms with Crippen LogP contribution in [-0.2, 0) is 13.1 Å². The van der Waals surface area contributed by atoms with Crippen molar-refractivity contribution in [3.05, 3.63) is 52.8 Å². The largest absolute Gasteiger partial charge is 0.352 e. The lowest BCUT2D eigenvalue weighted by Gasteiger charge is -2.07. The quantitative estimate of drug-likeness (QED) is 0.795. The van der Waals surface area contributed by atoms with Crippen LogP contribution in [0.15, 0.2) is 30.3 Å². The molecule has 2 rings (SSSR count). The van der Waals surface area contributed by atoms with Gasteiger partial charge in [0.2, 0.25) is 0 Å². The van der Waals surface area contributed by atoms with Gasteiger partial charge in [-0.2, -0.15) is 5.10 Å². The molecule has 1 aromatic heterocycles. The van der Waals surface area contributed by atoms with Gasteiger partial charge in [0.15, 0.2) is 0 Å². The van der Waals surface area contributed by atoms with Gasteiger partial charge in [0.1, 0.15) is 0 Å². The van der Waals surface area contributed by atoms with Crippen molar-refractivity contribution in [1.82, 2.24) is 15.1 Å². The van der Waals surface area contributed by atoms with Gasteiger partial charge in [0, 0.05) is 30.9 Å². The van der Waals surface area contributed by atoms with E-state index < -0.39 is 0 Å². The van der Waals surface area contributed by atoms with Crippen LogP contribution in [0.4, 0.5) is 0 Å². The molecule has 21 heavy (non-hydrogen) atoms. The Labute approximate surface area is 125 Å². The average Bonchev–Trinajstić information content (AvgIpc) is 2.81. The standard InChI is InChI=1S/C16H22N4O/c1-12-9-13(2)20(19-12)8-4-7-18-16(21)15-6-3-5-14(10-15)11-17/h3,5-6,9-10H,4,7-8,11,17H2,1-2H3,(H,18,21). The second-order valence-corrected chi connectivity index (χ2v) is 5.16. The van der Waals surface area contributed by atoms with E-state index in [1.54, 1.807) is 6.07 Å². The first-order valence-electron chi connectivity index (χ1n) is 7.18. The van der Waals surface area contributed by atoms with Crippen molar-refractivity contribution in [3.8, 4) is 0 Å². The first kappa shape index (κ1) is 15.3. The molecule has 0 unspecified atom stereocenters. The van der Waals surface area contributed by atoms with Crippen molar-refractivity contribution >= 4 is 5.91 Å². The van der Waals surface area contributed by atoms with Crippen LogP contribution < -0.4 is 11.1 Å². The molecule has 3 N–H and O–H groups in total. The molecule has 0 fully saturated rings. The summed E-state index contributed by atoms with van der Waals surface area (Å²) in [5.41, 5.74) is 9.37. The SMILES string of the molecule is Cc1cc(C)n(CCCNC(=O)c2cccc(CN)c2)n1. The van der Waals surface area contributed by atoms with Crippen LogP contribution in [-0.4, -0.2) is 22.2 Å². The fourth-order valence-corrected chi connectivity index (χ4v) is 2.27. The number of carbonyl (C=O) groups excluding carboxylic acids is 1. The minimum atomic E-state index is -0.0568. The number of amides is 1. The third-order valence-corrected chi connectivity index (χ3v) is 3.36. The average molecular weight is 286 g/mol. The van der Waals surface area contributed by atoms with Gasteiger partial charge in [0.25, 0.3) is 5.91 Å². The monoisotopic (exact) mass is 286 g/mol. The summed E-state index contributed by atoms with van der Waals surface area (Å²) in [5.74, 6) is -0.0568. The molecule has 0 saturated carbocycles. The number of aryl methyl sites for hydroxylation is 3. The molecule has 5 heteroatoms. The first-order chi connectivity index (χ1) is 10.1. The number of benzene rings is 1. The van der Waals surface area contributed by atoms with Crippen molar-refractivity contribution in [1.29, 1.82) is 0 Å². The number of nitrogens with zero attached hydrogens (tertiary/aromatic N) is 2. The van der Waals surface area contributed by atoms with Gasteiger partial charge in [-0.3, -0.25) is 9.48 Å². The van der Waals surface area contributed by atoms with E-state index >= 15 is 0 Å². The Balaban J connectivity index is 1.80. The van der Waals surface area contributed by atoms with Crippen molar-refractivity contribution in [2.24, 2.45) is 5.73 Å². The van der Waals surface area contributed by atoms with Crippen LogP contribution in [0.2, 0.25) is 0 Å². The summed E-state index contributed by atoms with van der Waals surface area (Å²) in [7, 11) is 0. The van der Waals surface area contributed by atoms with Crippen LogP contribution in [0.1, 0.15) is 33.7 Å². The summed E-state index contributed by atoms with van der Waals surface area (Å²) in [5, 5.41) is 7.32. The molecule has 0 bridgehead atoms. The zero-order valence-electron chi connectivity index (χ0n) is 12.6. The summed E-state index contributed by atoms with van der Waals surface area (Å²) in [6.45, 7) is 5.90. The summed E-state index contributed by atoms with van der Waals surface area (Å²) < 4.78 is 1.97. The predicted octanol–water partition coefficient (Wildman–Crippen LogP) is 1.78. The van der Waals surface area contributed by atoms with Crippen molar-refractivity contribution in [2.45, 2.75) is 33.4 Å². The fraction of sp³-hybridized carbons (Fsp3) is 0.375. The number of hydrogen-bond acceptors (Lipinski definition) is 3. The topological polar surface area (TPSA) is 72.9 Å². The molecule has 0 radical (unpaired) electrons. The minimum absolute atomic E-state index is 0.0568. The van der Waals surface area contributed by atoms with Gasteiger partial charge in [-0.05, 0) is 44.0 Å². The Bertz CT molecular complexity index is 618. The Kier molecular flexibility index (Phi) is 5.11. The van der Waals surface area contributed by atoms with Gasteiger partial charge in [0.05, 0.1) is 5.69 Å². The second kappa shape index (κ2) is 7.04. The highest BCUT2D eigenvalue weighted by molar-refractivity contribution is 5.94. The summed E-state index contributed by atoms with van der Waals surface area (Å²) in [4.78, 5) is 12.0. The normalized spacial score (nSPS) is 10.6. The highest BCUT2D eigenvalue weighted by Gasteiger charge is 2.05. The zero-order chi connectivity index (χ0) is 15.2. The van der Waals surface area contributed by atoms with E-state index in [2.05, 4.69) is 16.5 Å². The Hall–Kier alpha value is -2.14. The number of nitrogens with two attached hydrogens (primary N) is 1. The summed E-state index contributed by atoms with van der Waals surface area (Å²) >= 11 is 0. The lowest BCUT2D eigenvalue weighted by Crippen LogP contribution is -2.25. The molecular weight excluding hydrogens is 264 g/mol. The summed E-state index contributed by atoms with van der Waals surface area (Å²) in [6.07, 6.45) is 0.851. The first-order valence-corrected chi connectivity index (χ1v) is 7.18. The van der Waals surface area contributed by atoms with Crippen molar-refractivity contribution in [2.75, 3.05) is 6.54 Å². The highest BCUT2D eigenvalue weighted by Crippen LogP contribution is 2.05. The highest BCUT2D eigenvalue weighted by atomic mass is 16.1. The molecule has 0 saturated heterocycles. The summed E-state index contributed by atoms with van der Waals surface area (Å²) in [6, 6.07) is 9.45. The second-order valence-electron chi connectivity index (χ2n) is 5.16. The lowest BCUT2D eigenvalue weighted by atomic mass is 10.1. The van der Waals surface area contributed by atoms with E-state index in [0.717, 1.165) is 29.9 Å². The maximum atomic E-state index is 12.0. The van der Waals surface area contributed by atoms with Crippen LogP contribution in [0.25, 0.3) is 0 Å². The zero-order valence-corrected chi connectivity index (χ0v) is 12.6. The Morgan fingerprint density at radius 3 is 2.81 bits per heavy atom. The van der Waals surface area contributed by atoms with E-state index in [0.29, 0.717) is 18.7 Å². The van der Waals surface area contributed by atoms with E-state index in [1.807, 2.05) is 36.7 Å². The van der Waals surface area contributed by atoms with Crippen LogP contribution >= 0.6 is 0 Å². The molecule has 0 atom stereocenters. The molecular formula is C16H22N4O. The van der Waals surface area contributed by atoms with E-state index in [4.69, 9.17) is 5.73 Å². The van der Waals surface area contributed by atoms with Gasteiger partial charge >= 0.3 is 0 Å². The third kappa shape index (κ3) is 4.16. The van der Waals surface area contributed by atoms with Gasteiger partial charge in [-0.1, -0.05) is 12.1 Å². The molecule has 0 aliphatic rings. The smallest absolute Gasteiger partial charge is 0.251 e. The molecule has 112 valence electrons. The minimum Gasteiger partial charge on any atom is -0.352 e. The van der Waals surface area contributed by atoms with Crippen LogP contribution in [0.5, 0.6) is 0 Å². The number of carbonyl (C=O) groups is 1. The molecule has 0 aliphatic heterocycles. The number of nitrogens with one attached hydrogen (secondary N) is 1. The molecule has 5 nitrogen and oxygen atoms in total.